The van der Waals surface area contributed by atoms with Crippen LogP contribution in [0.15, 0.2) is 35.2 Å². The Morgan fingerprint density at radius 1 is 1.32 bits per heavy atom. The van der Waals surface area contributed by atoms with Crippen LogP contribution in [-0.2, 0) is 4.79 Å². The molecule has 0 radical (unpaired) electrons. The zero-order chi connectivity index (χ0) is 15.9. The molecule has 22 heavy (non-hydrogen) atoms. The zero-order valence-corrected chi connectivity index (χ0v) is 13.0. The molecule has 0 saturated carbocycles. The van der Waals surface area contributed by atoms with Crippen LogP contribution < -0.4 is 15.4 Å². The molecular formula is C15H17N3O3S. The fraction of sp³-hybridized carbons (Fsp3) is 0.267. The van der Waals surface area contributed by atoms with Gasteiger partial charge in [0.25, 0.3) is 5.91 Å². The third-order valence-electron chi connectivity index (χ3n) is 3.05. The molecule has 1 aliphatic heterocycles. The van der Waals surface area contributed by atoms with Crippen molar-refractivity contribution in [1.82, 2.24) is 10.0 Å². The van der Waals surface area contributed by atoms with Gasteiger partial charge in [0, 0.05) is 17.5 Å². The van der Waals surface area contributed by atoms with Gasteiger partial charge in [-0.15, -0.1) is 0 Å². The van der Waals surface area contributed by atoms with E-state index >= 15 is 0 Å². The van der Waals surface area contributed by atoms with Crippen molar-refractivity contribution in [3.8, 4) is 0 Å². The topological polar surface area (TPSA) is 87.3 Å². The van der Waals surface area contributed by atoms with E-state index in [1.807, 2.05) is 6.92 Å². The number of carbonyl (C=O) groups excluding carboxylic acids is 3. The minimum Gasteiger partial charge on any atom is -0.337 e. The molecule has 7 heteroatoms. The van der Waals surface area contributed by atoms with Crippen molar-refractivity contribution in [2.45, 2.75) is 19.8 Å². The highest BCUT2D eigenvalue weighted by atomic mass is 32.2. The average molecular weight is 319 g/mol. The molecular weight excluding hydrogens is 302 g/mol. The number of fused-ring (bicyclic) bond motifs is 1. The molecule has 0 aromatic heterocycles. The lowest BCUT2D eigenvalue weighted by Crippen LogP contribution is -2.32. The molecule has 0 fully saturated rings. The van der Waals surface area contributed by atoms with Gasteiger partial charge in [-0.25, -0.2) is 4.79 Å². The number of anilines is 1. The summed E-state index contributed by atoms with van der Waals surface area (Å²) in [7, 11) is 0. The Hall–Kier alpha value is -2.28. The molecule has 0 spiro atoms. The van der Waals surface area contributed by atoms with Crippen molar-refractivity contribution in [3.05, 3.63) is 40.8 Å². The molecule has 1 aromatic rings. The Morgan fingerprint density at radius 3 is 2.86 bits per heavy atom. The second-order valence-electron chi connectivity index (χ2n) is 4.69. The van der Waals surface area contributed by atoms with E-state index in [4.69, 9.17) is 0 Å². The number of rotatable bonds is 5. The van der Waals surface area contributed by atoms with E-state index in [0.717, 1.165) is 24.8 Å². The first kappa shape index (κ1) is 16.1. The quantitative estimate of drug-likeness (QED) is 0.337. The van der Waals surface area contributed by atoms with E-state index in [1.54, 1.807) is 24.3 Å². The van der Waals surface area contributed by atoms with E-state index in [2.05, 4.69) is 15.4 Å². The van der Waals surface area contributed by atoms with Crippen LogP contribution in [0.1, 0.15) is 30.1 Å². The molecule has 0 saturated heterocycles. The molecule has 6 nitrogen and oxygen atoms in total. The predicted octanol–water partition coefficient (Wildman–Crippen LogP) is 2.45. The van der Waals surface area contributed by atoms with E-state index < -0.39 is 5.91 Å². The number of benzene rings is 1. The van der Waals surface area contributed by atoms with Gasteiger partial charge in [-0.1, -0.05) is 25.5 Å². The van der Waals surface area contributed by atoms with Gasteiger partial charge in [0.15, 0.2) is 0 Å². The van der Waals surface area contributed by atoms with Crippen LogP contribution in [0.4, 0.5) is 10.5 Å². The number of carbonyl (C=O) groups is 3. The summed E-state index contributed by atoms with van der Waals surface area (Å²) < 4.78 is 2.51. The fourth-order valence-corrected chi connectivity index (χ4v) is 2.46. The molecule has 1 aromatic carbocycles. The minimum atomic E-state index is -0.468. The van der Waals surface area contributed by atoms with Crippen LogP contribution in [0.5, 0.6) is 0 Å². The first-order valence-corrected chi connectivity index (χ1v) is 7.86. The molecule has 1 aliphatic rings. The number of ketones is 1. The Morgan fingerprint density at radius 2 is 2.09 bits per heavy atom. The highest BCUT2D eigenvalue weighted by molar-refractivity contribution is 8.00. The molecule has 0 aliphatic carbocycles. The third kappa shape index (κ3) is 3.88. The molecule has 3 N–H and O–H groups in total. The summed E-state index contributed by atoms with van der Waals surface area (Å²) >= 11 is 0.902. The molecule has 0 bridgehead atoms. The third-order valence-corrected chi connectivity index (χ3v) is 3.71. The maximum absolute atomic E-state index is 12.2. The molecule has 2 rings (SSSR count). The first-order valence-electron chi connectivity index (χ1n) is 6.98. The lowest BCUT2D eigenvalue weighted by molar-refractivity contribution is -0.112. The molecule has 116 valence electrons. The number of unbranched alkanes of at least 4 members (excludes halogenated alkanes) is 1. The monoisotopic (exact) mass is 319 g/mol. The van der Waals surface area contributed by atoms with E-state index in [9.17, 15) is 14.4 Å². The van der Waals surface area contributed by atoms with Crippen molar-refractivity contribution in [3.63, 3.8) is 0 Å². The second-order valence-corrected chi connectivity index (χ2v) is 5.37. The summed E-state index contributed by atoms with van der Waals surface area (Å²) in [6.07, 6.45) is 1.89. The van der Waals surface area contributed by atoms with Crippen LogP contribution in [0.25, 0.3) is 0 Å². The molecule has 3 amide bonds. The minimum absolute atomic E-state index is 0.0116. The Bertz CT molecular complexity index is 628. The fourth-order valence-electron chi connectivity index (χ4n) is 1.89. The van der Waals surface area contributed by atoms with E-state index in [1.165, 1.54) is 5.41 Å². The standard InChI is InChI=1S/C15H17N3O3S/c1-2-3-8-16-15(21)18-22-9-11-13(19)10-6-4-5-7-12(10)17-14(11)20/h4-7,9H,2-3,8H2,1H3,(H,17,20)(H2,16,18,21)/b11-9+. The van der Waals surface area contributed by atoms with Gasteiger partial charge >= 0.3 is 6.03 Å². The van der Waals surface area contributed by atoms with Crippen molar-refractivity contribution < 1.29 is 14.4 Å². The average Bonchev–Trinajstić information content (AvgIpc) is 2.51. The molecule has 0 atom stereocenters. The number of amides is 3. The normalized spacial score (nSPS) is 15.2. The van der Waals surface area contributed by atoms with Gasteiger partial charge in [0.2, 0.25) is 5.78 Å². The second kappa shape index (κ2) is 7.65. The lowest BCUT2D eigenvalue weighted by atomic mass is 9.98. The Kier molecular flexibility index (Phi) is 5.60. The largest absolute Gasteiger partial charge is 0.337 e. The summed E-state index contributed by atoms with van der Waals surface area (Å²) in [5.74, 6) is -0.815. The van der Waals surface area contributed by atoms with Crippen LogP contribution in [0.3, 0.4) is 0 Å². The highest BCUT2D eigenvalue weighted by Crippen LogP contribution is 2.25. The van der Waals surface area contributed by atoms with Crippen molar-refractivity contribution in [2.24, 2.45) is 0 Å². The van der Waals surface area contributed by atoms with Crippen LogP contribution in [-0.4, -0.2) is 24.3 Å². The van der Waals surface area contributed by atoms with Gasteiger partial charge in [-0.2, -0.15) is 0 Å². The van der Waals surface area contributed by atoms with Crippen molar-refractivity contribution >= 4 is 35.4 Å². The van der Waals surface area contributed by atoms with Gasteiger partial charge in [0.1, 0.15) is 0 Å². The number of urea groups is 1. The zero-order valence-electron chi connectivity index (χ0n) is 12.1. The summed E-state index contributed by atoms with van der Waals surface area (Å²) in [6.45, 7) is 2.62. The molecule has 1 heterocycles. The van der Waals surface area contributed by atoms with Crippen LogP contribution in [0, 0.1) is 0 Å². The highest BCUT2D eigenvalue weighted by Gasteiger charge is 2.27. The van der Waals surface area contributed by atoms with Crippen LogP contribution in [0.2, 0.25) is 0 Å². The van der Waals surface area contributed by atoms with E-state index in [-0.39, 0.29) is 17.4 Å². The van der Waals surface area contributed by atoms with Crippen molar-refractivity contribution in [2.75, 3.05) is 11.9 Å². The van der Waals surface area contributed by atoms with Crippen LogP contribution >= 0.6 is 11.9 Å². The van der Waals surface area contributed by atoms with Gasteiger partial charge in [-0.3, -0.25) is 14.3 Å². The van der Waals surface area contributed by atoms with Gasteiger partial charge in [0.05, 0.1) is 11.3 Å². The van der Waals surface area contributed by atoms with Gasteiger partial charge in [-0.05, 0) is 30.5 Å². The van der Waals surface area contributed by atoms with Gasteiger partial charge < -0.3 is 10.6 Å². The number of Topliss-reactive ketones (excluding diaryl/α,β-unsaturated/α-hetero) is 1. The molecule has 0 unspecified atom stereocenters. The summed E-state index contributed by atoms with van der Waals surface area (Å²) in [4.78, 5) is 35.6. The maximum Gasteiger partial charge on any atom is 0.325 e. The summed E-state index contributed by atoms with van der Waals surface area (Å²) in [5.41, 5.74) is 0.962. The maximum atomic E-state index is 12.2. The first-order chi connectivity index (χ1) is 10.6. The number of hydrogen-bond donors (Lipinski definition) is 3. The van der Waals surface area contributed by atoms with E-state index in [0.29, 0.717) is 17.8 Å². The predicted molar refractivity (Wildman–Crippen MR) is 86.5 cm³/mol. The number of nitrogens with one attached hydrogen (secondary N) is 3. The number of hydrogen-bond acceptors (Lipinski definition) is 4. The summed E-state index contributed by atoms with van der Waals surface area (Å²) in [5, 5.41) is 6.68. The lowest BCUT2D eigenvalue weighted by Gasteiger charge is -2.17. The van der Waals surface area contributed by atoms with Crippen molar-refractivity contribution in [1.29, 1.82) is 0 Å². The SMILES string of the molecule is CCCCNC(=O)NS/C=C1/C(=O)Nc2ccccc2C1=O. The Labute approximate surface area is 132 Å². The smallest absolute Gasteiger partial charge is 0.325 e. The number of para-hydroxylation sites is 1. The Balaban J connectivity index is 1.96. The summed E-state index contributed by atoms with van der Waals surface area (Å²) in [6, 6.07) is 6.46.